The summed E-state index contributed by atoms with van der Waals surface area (Å²) in [5.74, 6) is -0.303. The van der Waals surface area contributed by atoms with Crippen LogP contribution in [0.3, 0.4) is 0 Å². The Morgan fingerprint density at radius 1 is 2.00 bits per heavy atom. The van der Waals surface area contributed by atoms with E-state index in [0.717, 1.165) is 0 Å². The molecule has 0 heterocycles. The van der Waals surface area contributed by atoms with E-state index >= 15 is 0 Å². The Labute approximate surface area is 40.3 Å². The van der Waals surface area contributed by atoms with Crippen molar-refractivity contribution < 1.29 is 5.11 Å². The molecule has 0 saturated carbocycles. The molecule has 0 saturated heterocycles. The molecule has 0 aromatic carbocycles. The Balaban J connectivity index is 2.81. The molecule has 1 nitrogen and oxygen atoms in total. The van der Waals surface area contributed by atoms with Crippen LogP contribution in [-0.2, 0) is 0 Å². The Morgan fingerprint density at radius 2 is 2.50 bits per heavy atom. The van der Waals surface area contributed by atoms with Crippen LogP contribution < -0.4 is 0 Å². The fourth-order valence-corrected chi connectivity index (χ4v) is 0.363. The molecule has 0 bridgehead atoms. The van der Waals surface area contributed by atoms with Gasteiger partial charge in [-0.05, 0) is 6.42 Å². The third kappa shape index (κ3) is 4.13. The zero-order valence-electron chi connectivity index (χ0n) is 3.59. The second-order valence-corrected chi connectivity index (χ2v) is 1.86. The highest BCUT2D eigenvalue weighted by Crippen LogP contribution is 1.98. The van der Waals surface area contributed by atoms with E-state index in [1.807, 2.05) is 0 Å². The zero-order chi connectivity index (χ0) is 4.99. The summed E-state index contributed by atoms with van der Waals surface area (Å²) in [6.07, 6.45) is 2.34. The molecule has 0 aromatic rings. The molecule has 0 fully saturated rings. The van der Waals surface area contributed by atoms with E-state index in [4.69, 9.17) is 5.11 Å². The van der Waals surface area contributed by atoms with E-state index in [0.29, 0.717) is 6.42 Å². The molecule has 0 aliphatic heterocycles. The SMILES string of the molecule is C=CC[C@@H](O)P. The van der Waals surface area contributed by atoms with Crippen LogP contribution in [0, 0.1) is 0 Å². The molecule has 2 atom stereocenters. The Hall–Kier alpha value is 0.130. The molecule has 0 spiro atoms. The van der Waals surface area contributed by atoms with Crippen molar-refractivity contribution in [1.29, 1.82) is 0 Å². The first kappa shape index (κ1) is 6.13. The lowest BCUT2D eigenvalue weighted by atomic mass is 10.5. The standard InChI is InChI=1S/C4H9OP/c1-2-3-4(5)6/h2,4-5H,1,3,6H2/t4-/m0/s1. The topological polar surface area (TPSA) is 20.2 Å². The molecular weight excluding hydrogens is 95.0 g/mol. The maximum Gasteiger partial charge on any atom is 0.0707 e. The lowest BCUT2D eigenvalue weighted by Crippen LogP contribution is -1.88. The number of rotatable bonds is 2. The number of hydrogen-bond acceptors (Lipinski definition) is 1. The normalized spacial score (nSPS) is 13.7. The number of hydrogen-bond donors (Lipinski definition) is 1. The van der Waals surface area contributed by atoms with Gasteiger partial charge in [-0.2, -0.15) is 0 Å². The lowest BCUT2D eigenvalue weighted by Gasteiger charge is -1.92. The fourth-order valence-electron chi connectivity index (χ4n) is 0.171. The maximum atomic E-state index is 8.44. The van der Waals surface area contributed by atoms with Gasteiger partial charge >= 0.3 is 0 Å². The largest absolute Gasteiger partial charge is 0.389 e. The minimum atomic E-state index is -0.303. The highest BCUT2D eigenvalue weighted by molar-refractivity contribution is 7.17. The molecule has 0 aliphatic carbocycles. The van der Waals surface area contributed by atoms with Crippen molar-refractivity contribution in [2.45, 2.75) is 12.3 Å². The maximum absolute atomic E-state index is 8.44. The molecule has 1 N–H and O–H groups in total. The second-order valence-electron chi connectivity index (χ2n) is 1.09. The van der Waals surface area contributed by atoms with Gasteiger partial charge in [-0.25, -0.2) is 0 Å². The van der Waals surface area contributed by atoms with Crippen molar-refractivity contribution in [3.05, 3.63) is 12.7 Å². The summed E-state index contributed by atoms with van der Waals surface area (Å²) in [4.78, 5) is 0. The fraction of sp³-hybridized carbons (Fsp3) is 0.500. The van der Waals surface area contributed by atoms with Gasteiger partial charge < -0.3 is 5.11 Å². The van der Waals surface area contributed by atoms with Crippen LogP contribution in [0.4, 0.5) is 0 Å². The number of aliphatic hydroxyl groups excluding tert-OH is 1. The summed E-state index contributed by atoms with van der Waals surface area (Å²) in [5.41, 5.74) is 0. The van der Waals surface area contributed by atoms with Crippen molar-refractivity contribution in [2.24, 2.45) is 0 Å². The molecule has 0 aromatic heterocycles. The Morgan fingerprint density at radius 3 is 2.50 bits per heavy atom. The van der Waals surface area contributed by atoms with Crippen molar-refractivity contribution >= 4 is 9.24 Å². The first-order valence-corrected chi connectivity index (χ1v) is 2.48. The van der Waals surface area contributed by atoms with Gasteiger partial charge in [0.1, 0.15) is 0 Å². The van der Waals surface area contributed by atoms with E-state index < -0.39 is 0 Å². The molecule has 0 aliphatic rings. The van der Waals surface area contributed by atoms with Crippen molar-refractivity contribution in [3.63, 3.8) is 0 Å². The average Bonchev–Trinajstić information content (AvgIpc) is 1.35. The smallest absolute Gasteiger partial charge is 0.0707 e. The lowest BCUT2D eigenvalue weighted by molar-refractivity contribution is 0.266. The monoisotopic (exact) mass is 104 g/mol. The van der Waals surface area contributed by atoms with Crippen LogP contribution in [0.2, 0.25) is 0 Å². The molecule has 2 heteroatoms. The highest BCUT2D eigenvalue weighted by atomic mass is 31.0. The first-order valence-electron chi connectivity index (χ1n) is 1.82. The first-order chi connectivity index (χ1) is 2.77. The highest BCUT2D eigenvalue weighted by Gasteiger charge is 1.84. The van der Waals surface area contributed by atoms with Gasteiger partial charge in [-0.1, -0.05) is 6.08 Å². The van der Waals surface area contributed by atoms with Crippen molar-refractivity contribution in [1.82, 2.24) is 0 Å². The van der Waals surface area contributed by atoms with Gasteiger partial charge in [-0.3, -0.25) is 0 Å². The van der Waals surface area contributed by atoms with Gasteiger partial charge in [0.05, 0.1) is 5.85 Å². The minimum Gasteiger partial charge on any atom is -0.389 e. The quantitative estimate of drug-likeness (QED) is 0.405. The van der Waals surface area contributed by atoms with Crippen LogP contribution in [-0.4, -0.2) is 11.0 Å². The summed E-state index contributed by atoms with van der Waals surface area (Å²) in [5, 5.41) is 8.44. The Kier molecular flexibility index (Phi) is 3.40. The number of aliphatic hydroxyl groups is 1. The molecule has 1 unspecified atom stereocenters. The molecule has 36 valence electrons. The van der Waals surface area contributed by atoms with E-state index in [1.165, 1.54) is 0 Å². The third-order valence-corrected chi connectivity index (χ3v) is 0.680. The molecule has 0 radical (unpaired) electrons. The predicted octanol–water partition coefficient (Wildman–Crippen LogP) is 0.756. The average molecular weight is 104 g/mol. The van der Waals surface area contributed by atoms with E-state index in [-0.39, 0.29) is 5.85 Å². The van der Waals surface area contributed by atoms with Crippen LogP contribution in [0.15, 0.2) is 12.7 Å². The summed E-state index contributed by atoms with van der Waals surface area (Å²) >= 11 is 0. The molecular formula is C4H9OP. The third-order valence-electron chi connectivity index (χ3n) is 0.408. The van der Waals surface area contributed by atoms with Crippen molar-refractivity contribution in [2.75, 3.05) is 0 Å². The predicted molar refractivity (Wildman–Crippen MR) is 30.5 cm³/mol. The van der Waals surface area contributed by atoms with Crippen LogP contribution in [0.1, 0.15) is 6.42 Å². The Bertz CT molecular complexity index is 42.8. The van der Waals surface area contributed by atoms with E-state index in [1.54, 1.807) is 6.08 Å². The minimum absolute atomic E-state index is 0.303. The van der Waals surface area contributed by atoms with Crippen LogP contribution in [0.5, 0.6) is 0 Å². The summed E-state index contributed by atoms with van der Waals surface area (Å²) < 4.78 is 0. The summed E-state index contributed by atoms with van der Waals surface area (Å²) in [6.45, 7) is 3.43. The van der Waals surface area contributed by atoms with Gasteiger partial charge in [0, 0.05) is 0 Å². The van der Waals surface area contributed by atoms with Crippen LogP contribution in [0.25, 0.3) is 0 Å². The van der Waals surface area contributed by atoms with Gasteiger partial charge in [0.2, 0.25) is 0 Å². The van der Waals surface area contributed by atoms with Gasteiger partial charge in [0.15, 0.2) is 0 Å². The molecule has 0 rings (SSSR count). The van der Waals surface area contributed by atoms with Crippen LogP contribution >= 0.6 is 9.24 Å². The summed E-state index contributed by atoms with van der Waals surface area (Å²) in [7, 11) is 2.26. The van der Waals surface area contributed by atoms with Gasteiger partial charge in [0.25, 0.3) is 0 Å². The zero-order valence-corrected chi connectivity index (χ0v) is 4.75. The van der Waals surface area contributed by atoms with E-state index in [9.17, 15) is 0 Å². The second kappa shape index (κ2) is 3.32. The van der Waals surface area contributed by atoms with E-state index in [2.05, 4.69) is 15.8 Å². The molecule has 6 heavy (non-hydrogen) atoms. The molecule has 0 amide bonds. The van der Waals surface area contributed by atoms with Gasteiger partial charge in [-0.15, -0.1) is 15.8 Å². The summed E-state index contributed by atoms with van der Waals surface area (Å²) in [6, 6.07) is 0. The van der Waals surface area contributed by atoms with Crippen molar-refractivity contribution in [3.8, 4) is 0 Å².